The Kier molecular flexibility index (Phi) is 2.78. The van der Waals surface area contributed by atoms with Crippen LogP contribution in [0.3, 0.4) is 0 Å². The van der Waals surface area contributed by atoms with Crippen molar-refractivity contribution in [1.82, 2.24) is 10.3 Å². The minimum absolute atomic E-state index is 0.000630. The number of carbonyl (C=O) groups excluding carboxylic acids is 1. The molecular weight excluding hydrogens is 256 g/mol. The number of carbonyl (C=O) groups is 1. The van der Waals surface area contributed by atoms with Gasteiger partial charge in [0.15, 0.2) is 0 Å². The molecule has 0 unspecified atom stereocenters. The molecule has 0 radical (unpaired) electrons. The molecule has 1 aromatic rings. The average Bonchev–Trinajstić information content (AvgIpc) is 2.99. The summed E-state index contributed by atoms with van der Waals surface area (Å²) in [6, 6.07) is 3.59. The maximum atomic E-state index is 11.9. The van der Waals surface area contributed by atoms with E-state index in [0.717, 1.165) is 23.9 Å². The first-order valence-corrected chi connectivity index (χ1v) is 6.09. The van der Waals surface area contributed by atoms with Gasteiger partial charge in [-0.1, -0.05) is 15.9 Å². The Morgan fingerprint density at radius 2 is 2.40 bits per heavy atom. The number of hydrogen-bond donors (Lipinski definition) is 1. The van der Waals surface area contributed by atoms with E-state index in [9.17, 15) is 4.79 Å². The third kappa shape index (κ3) is 2.20. The maximum Gasteiger partial charge on any atom is 0.253 e. The first-order chi connectivity index (χ1) is 7.17. The van der Waals surface area contributed by atoms with E-state index in [1.54, 1.807) is 12.3 Å². The molecule has 15 heavy (non-hydrogen) atoms. The molecule has 0 bridgehead atoms. The lowest BCUT2D eigenvalue weighted by molar-refractivity contribution is 0.0935. The Labute approximate surface area is 97.4 Å². The number of amides is 1. The number of pyridine rings is 1. The van der Waals surface area contributed by atoms with E-state index in [1.807, 2.05) is 13.0 Å². The number of rotatable bonds is 3. The largest absolute Gasteiger partial charge is 0.346 e. The third-order valence-corrected chi connectivity index (χ3v) is 3.81. The molecule has 3 nitrogen and oxygen atoms in total. The van der Waals surface area contributed by atoms with Gasteiger partial charge in [0, 0.05) is 17.2 Å². The first-order valence-electron chi connectivity index (χ1n) is 4.97. The van der Waals surface area contributed by atoms with E-state index in [0.29, 0.717) is 5.56 Å². The van der Waals surface area contributed by atoms with Gasteiger partial charge in [0.25, 0.3) is 5.91 Å². The van der Waals surface area contributed by atoms with Gasteiger partial charge in [0.2, 0.25) is 0 Å². The molecule has 2 rings (SSSR count). The number of aromatic nitrogens is 1. The number of alkyl halides is 1. The van der Waals surface area contributed by atoms with Crippen LogP contribution in [0.2, 0.25) is 0 Å². The van der Waals surface area contributed by atoms with Gasteiger partial charge in [-0.3, -0.25) is 9.78 Å². The van der Waals surface area contributed by atoms with Gasteiger partial charge in [0.1, 0.15) is 0 Å². The molecule has 0 saturated heterocycles. The van der Waals surface area contributed by atoms with Gasteiger partial charge in [-0.25, -0.2) is 0 Å². The lowest BCUT2D eigenvalue weighted by Gasteiger charge is -2.14. The number of halogens is 1. The summed E-state index contributed by atoms with van der Waals surface area (Å²) < 4.78 is 0. The minimum atomic E-state index is -0.0162. The molecule has 0 aromatic carbocycles. The molecule has 0 atom stereocenters. The molecule has 4 heteroatoms. The summed E-state index contributed by atoms with van der Waals surface area (Å²) in [5.41, 5.74) is 1.45. The highest BCUT2D eigenvalue weighted by atomic mass is 79.9. The molecular formula is C11H13BrN2O. The Bertz CT molecular complexity index is 388. The summed E-state index contributed by atoms with van der Waals surface area (Å²) in [6.45, 7) is 1.85. The van der Waals surface area contributed by atoms with Crippen LogP contribution in [0.1, 0.15) is 28.9 Å². The maximum absolute atomic E-state index is 11.9. The molecule has 80 valence electrons. The summed E-state index contributed by atoms with van der Waals surface area (Å²) in [5.74, 6) is -0.0162. The number of nitrogens with one attached hydrogen (secondary N) is 1. The second-order valence-corrected chi connectivity index (χ2v) is 4.57. The van der Waals surface area contributed by atoms with Crippen molar-refractivity contribution in [3.8, 4) is 0 Å². The predicted octanol–water partition coefficient (Wildman–Crippen LogP) is 2.05. The fourth-order valence-corrected chi connectivity index (χ4v) is 2.18. The van der Waals surface area contributed by atoms with Crippen LogP contribution >= 0.6 is 15.9 Å². The van der Waals surface area contributed by atoms with Crippen LogP contribution < -0.4 is 5.32 Å². The molecule has 1 aliphatic rings. The molecule has 0 spiro atoms. The highest BCUT2D eigenvalue weighted by Gasteiger charge is 2.43. The van der Waals surface area contributed by atoms with Gasteiger partial charge in [-0.05, 0) is 31.9 Å². The topological polar surface area (TPSA) is 42.0 Å². The Balaban J connectivity index is 2.12. The Hall–Kier alpha value is -0.900. The van der Waals surface area contributed by atoms with Gasteiger partial charge in [-0.15, -0.1) is 0 Å². The van der Waals surface area contributed by atoms with Gasteiger partial charge in [-0.2, -0.15) is 0 Å². The lowest BCUT2D eigenvalue weighted by Crippen LogP contribution is -2.38. The number of nitrogens with zero attached hydrogens (tertiary/aromatic N) is 1. The van der Waals surface area contributed by atoms with Crippen LogP contribution in [0, 0.1) is 6.92 Å². The second kappa shape index (κ2) is 3.93. The smallest absolute Gasteiger partial charge is 0.253 e. The van der Waals surface area contributed by atoms with E-state index in [4.69, 9.17) is 0 Å². The van der Waals surface area contributed by atoms with E-state index in [1.165, 1.54) is 0 Å². The molecule has 1 amide bonds. The highest BCUT2D eigenvalue weighted by Crippen LogP contribution is 2.37. The average molecular weight is 269 g/mol. The molecule has 1 aromatic heterocycles. The van der Waals surface area contributed by atoms with Gasteiger partial charge >= 0.3 is 0 Å². The standard InChI is InChI=1S/C11H13BrN2O/c1-8-9(3-2-6-13-8)10(15)14-11(7-12)4-5-11/h2-3,6H,4-5,7H2,1H3,(H,14,15). The third-order valence-electron chi connectivity index (χ3n) is 2.74. The number of aryl methyl sites for hydroxylation is 1. The fraction of sp³-hybridized carbons (Fsp3) is 0.455. The predicted molar refractivity (Wildman–Crippen MR) is 62.2 cm³/mol. The normalized spacial score (nSPS) is 17.2. The zero-order valence-corrected chi connectivity index (χ0v) is 10.2. The first kappa shape index (κ1) is 10.6. The summed E-state index contributed by atoms with van der Waals surface area (Å²) in [5, 5.41) is 3.87. The minimum Gasteiger partial charge on any atom is -0.346 e. The van der Waals surface area contributed by atoms with Crippen molar-refractivity contribution in [2.45, 2.75) is 25.3 Å². The van der Waals surface area contributed by atoms with Crippen molar-refractivity contribution >= 4 is 21.8 Å². The molecule has 0 aliphatic heterocycles. The summed E-state index contributed by atoms with van der Waals surface area (Å²) in [6.07, 6.45) is 3.82. The monoisotopic (exact) mass is 268 g/mol. The fourth-order valence-electron chi connectivity index (χ4n) is 1.48. The van der Waals surface area contributed by atoms with E-state index < -0.39 is 0 Å². The van der Waals surface area contributed by atoms with Crippen molar-refractivity contribution < 1.29 is 4.79 Å². The van der Waals surface area contributed by atoms with E-state index in [-0.39, 0.29) is 11.4 Å². The van der Waals surface area contributed by atoms with Crippen molar-refractivity contribution in [3.05, 3.63) is 29.6 Å². The summed E-state index contributed by atoms with van der Waals surface area (Å²) in [4.78, 5) is 16.0. The van der Waals surface area contributed by atoms with Crippen molar-refractivity contribution in [1.29, 1.82) is 0 Å². The molecule has 1 fully saturated rings. The van der Waals surface area contributed by atoms with Crippen LogP contribution in [0.5, 0.6) is 0 Å². The summed E-state index contributed by atoms with van der Waals surface area (Å²) in [7, 11) is 0. The van der Waals surface area contributed by atoms with Crippen LogP contribution in [0.4, 0.5) is 0 Å². The van der Waals surface area contributed by atoms with Crippen LogP contribution in [-0.2, 0) is 0 Å². The van der Waals surface area contributed by atoms with Crippen LogP contribution in [-0.4, -0.2) is 21.8 Å². The van der Waals surface area contributed by atoms with Crippen molar-refractivity contribution in [3.63, 3.8) is 0 Å². The van der Waals surface area contributed by atoms with Gasteiger partial charge in [0.05, 0.1) is 11.1 Å². The van der Waals surface area contributed by atoms with Crippen LogP contribution in [0.25, 0.3) is 0 Å². The number of hydrogen-bond acceptors (Lipinski definition) is 2. The SMILES string of the molecule is Cc1ncccc1C(=O)NC1(CBr)CC1. The van der Waals surface area contributed by atoms with E-state index in [2.05, 4.69) is 26.2 Å². The quantitative estimate of drug-likeness (QED) is 0.853. The second-order valence-electron chi connectivity index (χ2n) is 4.00. The summed E-state index contributed by atoms with van der Waals surface area (Å²) >= 11 is 3.42. The molecule has 1 N–H and O–H groups in total. The van der Waals surface area contributed by atoms with Crippen molar-refractivity contribution in [2.75, 3.05) is 5.33 Å². The Morgan fingerprint density at radius 1 is 1.67 bits per heavy atom. The highest BCUT2D eigenvalue weighted by molar-refractivity contribution is 9.09. The van der Waals surface area contributed by atoms with E-state index >= 15 is 0 Å². The Morgan fingerprint density at radius 3 is 2.93 bits per heavy atom. The lowest BCUT2D eigenvalue weighted by atomic mass is 10.2. The molecule has 1 aliphatic carbocycles. The zero-order valence-electron chi connectivity index (χ0n) is 8.59. The van der Waals surface area contributed by atoms with Crippen LogP contribution in [0.15, 0.2) is 18.3 Å². The molecule has 1 heterocycles. The molecule has 1 saturated carbocycles. The van der Waals surface area contributed by atoms with Crippen molar-refractivity contribution in [2.24, 2.45) is 0 Å². The zero-order chi connectivity index (χ0) is 10.9. The van der Waals surface area contributed by atoms with Gasteiger partial charge < -0.3 is 5.32 Å².